The standard InChI is InChI=1S/C20H21P3/c21-12-18-6-5-17(11-19(18)13-22)16-3-1-14(2-4-16)15-7-9-20(23)10-8-15/h1-11H,12-13,21-23H2. The van der Waals surface area contributed by atoms with Crippen molar-refractivity contribution in [2.24, 2.45) is 0 Å². The molecule has 0 aromatic heterocycles. The third-order valence-corrected chi connectivity index (χ3v) is 5.37. The summed E-state index contributed by atoms with van der Waals surface area (Å²) in [5.74, 6) is 0. The Balaban J connectivity index is 1.91. The lowest BCUT2D eigenvalue weighted by atomic mass is 9.98. The Kier molecular flexibility index (Phi) is 5.61. The third-order valence-electron chi connectivity index (χ3n) is 4.11. The minimum atomic E-state index is 0.997. The van der Waals surface area contributed by atoms with E-state index in [9.17, 15) is 0 Å². The lowest BCUT2D eigenvalue weighted by Gasteiger charge is -2.10. The molecule has 3 unspecified atom stereocenters. The highest BCUT2D eigenvalue weighted by atomic mass is 31.0. The molecule has 3 rings (SSSR count). The van der Waals surface area contributed by atoms with Crippen molar-refractivity contribution in [1.82, 2.24) is 0 Å². The van der Waals surface area contributed by atoms with Crippen LogP contribution in [0.1, 0.15) is 11.1 Å². The molecule has 3 heteroatoms. The van der Waals surface area contributed by atoms with E-state index in [1.807, 2.05) is 0 Å². The zero-order valence-corrected chi connectivity index (χ0v) is 16.5. The largest absolute Gasteiger partial charge is 0.133 e. The SMILES string of the molecule is PCc1ccc(-c2ccc(-c3ccc(P)cc3)cc2)cc1CP. The van der Waals surface area contributed by atoms with Crippen molar-refractivity contribution < 1.29 is 0 Å². The Hall–Kier alpha value is -1.05. The topological polar surface area (TPSA) is 0 Å². The van der Waals surface area contributed by atoms with E-state index >= 15 is 0 Å². The van der Waals surface area contributed by atoms with E-state index in [0.717, 1.165) is 12.3 Å². The molecule has 116 valence electrons. The second-order valence-corrected chi connectivity index (χ2v) is 7.07. The van der Waals surface area contributed by atoms with Gasteiger partial charge in [0.25, 0.3) is 0 Å². The van der Waals surface area contributed by atoms with Crippen LogP contribution in [-0.4, -0.2) is 0 Å². The number of benzene rings is 3. The summed E-state index contributed by atoms with van der Waals surface area (Å²) in [4.78, 5) is 0. The van der Waals surface area contributed by atoms with Crippen LogP contribution in [0.25, 0.3) is 22.3 Å². The zero-order valence-electron chi connectivity index (χ0n) is 13.0. The van der Waals surface area contributed by atoms with Gasteiger partial charge in [-0.3, -0.25) is 0 Å². The van der Waals surface area contributed by atoms with Crippen molar-refractivity contribution in [2.45, 2.75) is 12.3 Å². The van der Waals surface area contributed by atoms with Crippen molar-refractivity contribution in [3.8, 4) is 22.3 Å². The molecular formula is C20H21P3. The molecule has 0 spiro atoms. The molecule has 0 saturated heterocycles. The molecule has 0 radical (unpaired) electrons. The van der Waals surface area contributed by atoms with Crippen LogP contribution in [0.2, 0.25) is 0 Å². The van der Waals surface area contributed by atoms with Gasteiger partial charge in [0.2, 0.25) is 0 Å². The fraction of sp³-hybridized carbons (Fsp3) is 0.100. The van der Waals surface area contributed by atoms with Crippen molar-refractivity contribution in [3.05, 3.63) is 77.9 Å². The molecule has 0 bridgehead atoms. The lowest BCUT2D eigenvalue weighted by molar-refractivity contribution is 1.28. The molecule has 0 fully saturated rings. The summed E-state index contributed by atoms with van der Waals surface area (Å²) in [5, 5.41) is 1.21. The monoisotopic (exact) mass is 354 g/mol. The Bertz CT molecular complexity index is 790. The smallest absolute Gasteiger partial charge is 0.0125 e. The summed E-state index contributed by atoms with van der Waals surface area (Å²) in [6.45, 7) is 0. The number of rotatable bonds is 4. The average molecular weight is 354 g/mol. The van der Waals surface area contributed by atoms with Crippen LogP contribution in [0.5, 0.6) is 0 Å². The molecule has 0 N–H and O–H groups in total. The Morgan fingerprint density at radius 2 is 0.957 bits per heavy atom. The van der Waals surface area contributed by atoms with Crippen molar-refractivity contribution in [3.63, 3.8) is 0 Å². The molecule has 3 aromatic carbocycles. The molecule has 3 atom stereocenters. The van der Waals surface area contributed by atoms with Gasteiger partial charge in [-0.05, 0) is 51.0 Å². The van der Waals surface area contributed by atoms with Crippen LogP contribution >= 0.6 is 27.7 Å². The quantitative estimate of drug-likeness (QED) is 0.560. The highest BCUT2D eigenvalue weighted by Gasteiger charge is 2.04. The molecule has 0 heterocycles. The molecule has 0 aliphatic heterocycles. The minimum absolute atomic E-state index is 0.997. The predicted octanol–water partition coefficient (Wildman–Crippen LogP) is 5.27. The predicted molar refractivity (Wildman–Crippen MR) is 113 cm³/mol. The molecule has 0 amide bonds. The number of hydrogen-bond donors (Lipinski definition) is 0. The Morgan fingerprint density at radius 3 is 1.48 bits per heavy atom. The van der Waals surface area contributed by atoms with Gasteiger partial charge < -0.3 is 0 Å². The summed E-state index contributed by atoms with van der Waals surface area (Å²) in [6.07, 6.45) is 2.01. The first-order valence-electron chi connectivity index (χ1n) is 7.69. The van der Waals surface area contributed by atoms with Crippen LogP contribution < -0.4 is 5.30 Å². The minimum Gasteiger partial charge on any atom is -0.133 e. The summed E-state index contributed by atoms with van der Waals surface area (Å²) in [5.41, 5.74) is 7.88. The van der Waals surface area contributed by atoms with E-state index in [2.05, 4.69) is 94.4 Å². The van der Waals surface area contributed by atoms with Gasteiger partial charge in [-0.2, -0.15) is 0 Å². The van der Waals surface area contributed by atoms with Gasteiger partial charge in [0.05, 0.1) is 0 Å². The van der Waals surface area contributed by atoms with Gasteiger partial charge in [0.15, 0.2) is 0 Å². The maximum absolute atomic E-state index is 2.83. The highest BCUT2D eigenvalue weighted by molar-refractivity contribution is 7.27. The maximum Gasteiger partial charge on any atom is -0.0125 e. The van der Waals surface area contributed by atoms with Crippen molar-refractivity contribution in [2.75, 3.05) is 0 Å². The van der Waals surface area contributed by atoms with Gasteiger partial charge >= 0.3 is 0 Å². The van der Waals surface area contributed by atoms with Crippen LogP contribution in [0, 0.1) is 0 Å². The van der Waals surface area contributed by atoms with E-state index < -0.39 is 0 Å². The normalized spacial score (nSPS) is 10.7. The lowest BCUT2D eigenvalue weighted by Crippen LogP contribution is -1.90. The van der Waals surface area contributed by atoms with Crippen molar-refractivity contribution >= 4 is 33.0 Å². The van der Waals surface area contributed by atoms with Gasteiger partial charge in [-0.1, -0.05) is 66.7 Å². The number of hydrogen-bond acceptors (Lipinski definition) is 0. The maximum atomic E-state index is 2.83. The average Bonchev–Trinajstić information content (AvgIpc) is 2.62. The van der Waals surface area contributed by atoms with E-state index in [1.165, 1.54) is 38.7 Å². The van der Waals surface area contributed by atoms with Crippen LogP contribution in [0.15, 0.2) is 66.7 Å². The van der Waals surface area contributed by atoms with Gasteiger partial charge in [0, 0.05) is 0 Å². The van der Waals surface area contributed by atoms with Crippen LogP contribution in [-0.2, 0) is 12.3 Å². The first-order chi connectivity index (χ1) is 11.2. The molecule has 0 aliphatic carbocycles. The second-order valence-electron chi connectivity index (χ2n) is 5.59. The van der Waals surface area contributed by atoms with Crippen LogP contribution in [0.3, 0.4) is 0 Å². The first kappa shape index (κ1) is 16.8. The first-order valence-corrected chi connectivity index (χ1v) is 9.90. The molecular weight excluding hydrogens is 333 g/mol. The summed E-state index contributed by atoms with van der Waals surface area (Å²) in [6, 6.07) is 24.2. The van der Waals surface area contributed by atoms with E-state index in [0.29, 0.717) is 0 Å². The summed E-state index contributed by atoms with van der Waals surface area (Å²) < 4.78 is 0. The second kappa shape index (κ2) is 7.68. The Morgan fingerprint density at radius 1 is 0.522 bits per heavy atom. The van der Waals surface area contributed by atoms with Crippen molar-refractivity contribution in [1.29, 1.82) is 0 Å². The summed E-state index contributed by atoms with van der Waals surface area (Å²) in [7, 11) is 8.37. The van der Waals surface area contributed by atoms with Gasteiger partial charge in [-0.15, -0.1) is 27.7 Å². The third kappa shape index (κ3) is 3.89. The van der Waals surface area contributed by atoms with Crippen LogP contribution in [0.4, 0.5) is 0 Å². The van der Waals surface area contributed by atoms with E-state index in [4.69, 9.17) is 0 Å². The highest BCUT2D eigenvalue weighted by Crippen LogP contribution is 2.28. The van der Waals surface area contributed by atoms with Gasteiger partial charge in [-0.25, -0.2) is 0 Å². The summed E-state index contributed by atoms with van der Waals surface area (Å²) >= 11 is 0. The fourth-order valence-corrected chi connectivity index (χ4v) is 3.70. The zero-order chi connectivity index (χ0) is 16.2. The molecule has 23 heavy (non-hydrogen) atoms. The molecule has 0 aliphatic rings. The molecule has 3 aromatic rings. The van der Waals surface area contributed by atoms with Gasteiger partial charge in [0.1, 0.15) is 0 Å². The fourth-order valence-electron chi connectivity index (χ4n) is 2.73. The van der Waals surface area contributed by atoms with E-state index in [1.54, 1.807) is 0 Å². The molecule has 0 nitrogen and oxygen atoms in total. The Labute approximate surface area is 145 Å². The van der Waals surface area contributed by atoms with E-state index in [-0.39, 0.29) is 0 Å². The molecule has 0 saturated carbocycles.